The van der Waals surface area contributed by atoms with E-state index in [4.69, 9.17) is 4.98 Å². The second kappa shape index (κ2) is 10.4. The number of carbonyl (C=O) groups excluding carboxylic acids is 2. The summed E-state index contributed by atoms with van der Waals surface area (Å²) in [6, 6.07) is 13.6. The lowest BCUT2D eigenvalue weighted by molar-refractivity contribution is 0.0974. The zero-order valence-corrected chi connectivity index (χ0v) is 20.5. The quantitative estimate of drug-likeness (QED) is 0.189. The Morgan fingerprint density at radius 2 is 1.76 bits per heavy atom. The number of thiazole rings is 1. The molecule has 0 spiro atoms. The van der Waals surface area contributed by atoms with Crippen LogP contribution in [0, 0.1) is 0 Å². The van der Waals surface area contributed by atoms with E-state index in [1.54, 1.807) is 11.3 Å². The first kappa shape index (κ1) is 23.3. The van der Waals surface area contributed by atoms with E-state index in [0.29, 0.717) is 12.8 Å². The maximum atomic E-state index is 12.7. The molecule has 0 saturated carbocycles. The van der Waals surface area contributed by atoms with Gasteiger partial charge in [-0.05, 0) is 56.7 Å². The summed E-state index contributed by atoms with van der Waals surface area (Å²) >= 11 is 1.59. The first-order valence-corrected chi connectivity index (χ1v) is 12.7. The molecule has 0 atom stereocenters. The first-order chi connectivity index (χ1) is 16.0. The van der Waals surface area contributed by atoms with Crippen LogP contribution in [0.4, 0.5) is 0 Å². The number of ketones is 2. The number of carbonyl (C=O) groups is 2. The summed E-state index contributed by atoms with van der Waals surface area (Å²) in [6.07, 6.45) is 5.06. The van der Waals surface area contributed by atoms with Crippen LogP contribution in [0.1, 0.15) is 67.2 Å². The molecule has 4 aromatic rings. The summed E-state index contributed by atoms with van der Waals surface area (Å²) < 4.78 is 3.13. The van der Waals surface area contributed by atoms with Crippen LogP contribution in [0.25, 0.3) is 26.4 Å². The maximum absolute atomic E-state index is 12.7. The average molecular weight is 462 g/mol. The summed E-state index contributed by atoms with van der Waals surface area (Å²) in [5.41, 5.74) is 4.34. The van der Waals surface area contributed by atoms with Crippen molar-refractivity contribution < 1.29 is 9.59 Å². The molecule has 2 aromatic heterocycles. The number of aromatic nitrogens is 2. The van der Waals surface area contributed by atoms with E-state index in [9.17, 15) is 9.59 Å². The number of hydrogen-bond donors (Lipinski definition) is 0. The first-order valence-electron chi connectivity index (χ1n) is 11.8. The van der Waals surface area contributed by atoms with Crippen LogP contribution < -0.4 is 0 Å². The minimum atomic E-state index is 0.133. The van der Waals surface area contributed by atoms with Crippen LogP contribution in [0.3, 0.4) is 0 Å². The SMILES string of the molecule is CCC(=O)c1cccc(-c2cn3c(n2)sc2cc(C(=O)CCCCN(CC)CC)ccc23)c1. The normalized spacial score (nSPS) is 11.6. The van der Waals surface area contributed by atoms with E-state index in [-0.39, 0.29) is 11.6 Å². The molecule has 0 aliphatic carbocycles. The Balaban J connectivity index is 1.50. The lowest BCUT2D eigenvalue weighted by Crippen LogP contribution is -2.24. The molecule has 6 heteroatoms. The Hall–Kier alpha value is -2.83. The van der Waals surface area contributed by atoms with Crippen molar-refractivity contribution in [1.29, 1.82) is 0 Å². The van der Waals surface area contributed by atoms with Gasteiger partial charge in [0.15, 0.2) is 16.5 Å². The summed E-state index contributed by atoms with van der Waals surface area (Å²) in [7, 11) is 0. The number of hydrogen-bond acceptors (Lipinski definition) is 5. The van der Waals surface area contributed by atoms with Gasteiger partial charge in [0.2, 0.25) is 0 Å². The zero-order valence-electron chi connectivity index (χ0n) is 19.6. The molecule has 2 aromatic carbocycles. The van der Waals surface area contributed by atoms with E-state index in [1.807, 2.05) is 55.6 Å². The Labute approximate surface area is 199 Å². The molecule has 0 fully saturated rings. The molecule has 0 saturated heterocycles. The third-order valence-corrected chi connectivity index (χ3v) is 7.26. The Morgan fingerprint density at radius 3 is 2.52 bits per heavy atom. The monoisotopic (exact) mass is 461 g/mol. The van der Waals surface area contributed by atoms with E-state index < -0.39 is 0 Å². The molecular formula is C27H31N3O2S. The van der Waals surface area contributed by atoms with Gasteiger partial charge in [0.25, 0.3) is 0 Å². The number of Topliss-reactive ketones (excluding diaryl/α,β-unsaturated/α-hetero) is 2. The lowest BCUT2D eigenvalue weighted by atomic mass is 10.0. The van der Waals surface area contributed by atoms with E-state index in [1.165, 1.54) is 0 Å². The van der Waals surface area contributed by atoms with E-state index >= 15 is 0 Å². The largest absolute Gasteiger partial charge is 0.304 e. The van der Waals surface area contributed by atoms with Crippen molar-refractivity contribution in [2.24, 2.45) is 0 Å². The van der Waals surface area contributed by atoms with Crippen LogP contribution in [-0.2, 0) is 0 Å². The predicted octanol–water partition coefficient (Wildman–Crippen LogP) is 6.50. The van der Waals surface area contributed by atoms with Crippen molar-refractivity contribution in [2.45, 2.75) is 46.5 Å². The van der Waals surface area contributed by atoms with Crippen LogP contribution in [0.5, 0.6) is 0 Å². The van der Waals surface area contributed by atoms with Gasteiger partial charge in [0.1, 0.15) is 0 Å². The number of nitrogens with zero attached hydrogens (tertiary/aromatic N) is 3. The summed E-state index contributed by atoms with van der Waals surface area (Å²) in [5.74, 6) is 0.342. The summed E-state index contributed by atoms with van der Waals surface area (Å²) in [4.78, 5) is 32.9. The smallest absolute Gasteiger partial charge is 0.195 e. The van der Waals surface area contributed by atoms with Gasteiger partial charge in [-0.25, -0.2) is 4.98 Å². The fraction of sp³-hybridized carbons (Fsp3) is 0.370. The molecule has 4 rings (SSSR count). The number of unbranched alkanes of at least 4 members (excludes halogenated alkanes) is 1. The molecule has 33 heavy (non-hydrogen) atoms. The summed E-state index contributed by atoms with van der Waals surface area (Å²) in [6.45, 7) is 9.40. The van der Waals surface area contributed by atoms with Crippen molar-refractivity contribution >= 4 is 38.1 Å². The Morgan fingerprint density at radius 1 is 0.970 bits per heavy atom. The highest BCUT2D eigenvalue weighted by Crippen LogP contribution is 2.31. The van der Waals surface area contributed by atoms with Crippen molar-refractivity contribution in [2.75, 3.05) is 19.6 Å². The Bertz CT molecular complexity index is 1280. The molecule has 0 unspecified atom stereocenters. The van der Waals surface area contributed by atoms with E-state index in [0.717, 1.165) is 70.0 Å². The van der Waals surface area contributed by atoms with Crippen molar-refractivity contribution in [1.82, 2.24) is 14.3 Å². The summed E-state index contributed by atoms with van der Waals surface area (Å²) in [5, 5.41) is 0. The molecule has 2 heterocycles. The second-order valence-corrected chi connectivity index (χ2v) is 9.34. The van der Waals surface area contributed by atoms with E-state index in [2.05, 4.69) is 23.1 Å². The van der Waals surface area contributed by atoms with Crippen molar-refractivity contribution in [3.8, 4) is 11.3 Å². The van der Waals surface area contributed by atoms with Gasteiger partial charge in [0.05, 0.1) is 15.9 Å². The highest BCUT2D eigenvalue weighted by Gasteiger charge is 2.14. The standard InChI is InChI=1S/C27H31N3O2S/c1-4-24(31)20-11-9-10-19(16-20)22-18-30-23-14-13-21(17-26(23)33-27(30)28-22)25(32)12-7-8-15-29(5-2)6-3/h9-11,13-14,16-18H,4-8,12,15H2,1-3H3. The maximum Gasteiger partial charge on any atom is 0.195 e. The molecule has 0 radical (unpaired) electrons. The number of imidazole rings is 1. The zero-order chi connectivity index (χ0) is 23.4. The molecular weight excluding hydrogens is 430 g/mol. The molecule has 172 valence electrons. The van der Waals surface area contributed by atoms with Crippen molar-refractivity contribution in [3.63, 3.8) is 0 Å². The molecule has 0 aliphatic heterocycles. The van der Waals surface area contributed by atoms with Crippen LogP contribution >= 0.6 is 11.3 Å². The van der Waals surface area contributed by atoms with Gasteiger partial charge in [-0.1, -0.05) is 50.3 Å². The predicted molar refractivity (Wildman–Crippen MR) is 137 cm³/mol. The van der Waals surface area contributed by atoms with Gasteiger partial charge >= 0.3 is 0 Å². The molecule has 0 aliphatic rings. The van der Waals surface area contributed by atoms with Crippen LogP contribution in [0.2, 0.25) is 0 Å². The molecule has 5 nitrogen and oxygen atoms in total. The lowest BCUT2D eigenvalue weighted by Gasteiger charge is -2.17. The minimum Gasteiger partial charge on any atom is -0.304 e. The van der Waals surface area contributed by atoms with Crippen LogP contribution in [0.15, 0.2) is 48.7 Å². The fourth-order valence-electron chi connectivity index (χ4n) is 4.17. The van der Waals surface area contributed by atoms with Gasteiger partial charge < -0.3 is 4.90 Å². The number of rotatable bonds is 11. The molecule has 0 bridgehead atoms. The highest BCUT2D eigenvalue weighted by atomic mass is 32.1. The third kappa shape index (κ3) is 5.07. The second-order valence-electron chi connectivity index (χ2n) is 8.33. The van der Waals surface area contributed by atoms with Crippen molar-refractivity contribution in [3.05, 3.63) is 59.8 Å². The average Bonchev–Trinajstić information content (AvgIpc) is 3.41. The fourth-order valence-corrected chi connectivity index (χ4v) is 5.22. The third-order valence-electron chi connectivity index (χ3n) is 6.24. The molecule has 0 amide bonds. The minimum absolute atomic E-state index is 0.133. The van der Waals surface area contributed by atoms with Gasteiger partial charge in [-0.3, -0.25) is 14.0 Å². The highest BCUT2D eigenvalue weighted by molar-refractivity contribution is 7.23. The Kier molecular flexibility index (Phi) is 7.36. The topological polar surface area (TPSA) is 54.7 Å². The van der Waals surface area contributed by atoms with Gasteiger partial charge in [-0.2, -0.15) is 0 Å². The molecule has 0 N–H and O–H groups in total. The van der Waals surface area contributed by atoms with Gasteiger partial charge in [-0.15, -0.1) is 0 Å². The number of benzene rings is 2. The number of fused-ring (bicyclic) bond motifs is 3. The van der Waals surface area contributed by atoms with Gasteiger partial charge in [0, 0.05) is 35.7 Å². The van der Waals surface area contributed by atoms with Crippen LogP contribution in [-0.4, -0.2) is 45.5 Å².